The number of alkyl halides is 3. The Morgan fingerprint density at radius 3 is 2.41 bits per heavy atom. The molecule has 0 radical (unpaired) electrons. The molecule has 5 nitrogen and oxygen atoms in total. The van der Waals surface area contributed by atoms with E-state index in [0.717, 1.165) is 12.1 Å². The van der Waals surface area contributed by atoms with Crippen LogP contribution in [0.4, 0.5) is 23.2 Å². The summed E-state index contributed by atoms with van der Waals surface area (Å²) in [6.07, 6.45) is -4.86. The quantitative estimate of drug-likeness (QED) is 0.451. The van der Waals surface area contributed by atoms with Gasteiger partial charge in [-0.25, -0.2) is 4.98 Å². The number of carbonyl (C=O) groups excluding carboxylic acids is 1. The molecule has 0 aliphatic carbocycles. The average molecular weight is 406 g/mol. The summed E-state index contributed by atoms with van der Waals surface area (Å²) in [4.78, 5) is 16.0. The number of aryl methyl sites for hydroxylation is 1. The average Bonchev–Trinajstić information content (AvgIpc) is 2.62. The summed E-state index contributed by atoms with van der Waals surface area (Å²) >= 11 is 0. The largest absolute Gasteiger partial charge is 0.573 e. The predicted molar refractivity (Wildman–Crippen MR) is 96.5 cm³/mol. The molecule has 3 aromatic rings. The summed E-state index contributed by atoms with van der Waals surface area (Å²) in [6.45, 7) is 1.50. The van der Waals surface area contributed by atoms with Gasteiger partial charge in [-0.15, -0.1) is 13.2 Å². The molecule has 150 valence electrons. The molecule has 29 heavy (non-hydrogen) atoms. The number of pyridine rings is 1. The van der Waals surface area contributed by atoms with E-state index < -0.39 is 24.0 Å². The van der Waals surface area contributed by atoms with E-state index in [1.54, 1.807) is 12.1 Å². The van der Waals surface area contributed by atoms with Gasteiger partial charge in [0.25, 0.3) is 5.91 Å². The molecule has 0 aliphatic heterocycles. The van der Waals surface area contributed by atoms with Gasteiger partial charge in [-0.2, -0.15) is 4.39 Å². The number of carbonyl (C=O) groups is 1. The first-order chi connectivity index (χ1) is 13.7. The normalized spacial score (nSPS) is 11.1. The van der Waals surface area contributed by atoms with Crippen LogP contribution in [0.15, 0.2) is 60.7 Å². The highest BCUT2D eigenvalue weighted by Crippen LogP contribution is 2.35. The third-order valence-corrected chi connectivity index (χ3v) is 3.69. The van der Waals surface area contributed by atoms with E-state index in [1.807, 2.05) is 0 Å². The summed E-state index contributed by atoms with van der Waals surface area (Å²) in [6, 6.07) is 13.7. The highest BCUT2D eigenvalue weighted by atomic mass is 19.4. The molecule has 3 rings (SSSR count). The van der Waals surface area contributed by atoms with E-state index in [0.29, 0.717) is 5.69 Å². The van der Waals surface area contributed by atoms with Crippen LogP contribution in [0.5, 0.6) is 17.2 Å². The van der Waals surface area contributed by atoms with Crippen LogP contribution in [-0.4, -0.2) is 17.3 Å². The van der Waals surface area contributed by atoms with E-state index in [-0.39, 0.29) is 22.8 Å². The molecule has 0 saturated heterocycles. The Morgan fingerprint density at radius 2 is 1.72 bits per heavy atom. The summed E-state index contributed by atoms with van der Waals surface area (Å²) in [7, 11) is 0. The maximum absolute atomic E-state index is 13.1. The molecule has 1 heterocycles. The molecule has 1 aromatic heterocycles. The fourth-order valence-corrected chi connectivity index (χ4v) is 2.48. The Labute approximate surface area is 162 Å². The van der Waals surface area contributed by atoms with E-state index in [9.17, 15) is 22.4 Å². The van der Waals surface area contributed by atoms with Gasteiger partial charge in [-0.1, -0.05) is 18.2 Å². The third-order valence-electron chi connectivity index (χ3n) is 3.69. The molecule has 0 unspecified atom stereocenters. The van der Waals surface area contributed by atoms with Gasteiger partial charge in [-0.05, 0) is 43.3 Å². The first-order valence-corrected chi connectivity index (χ1v) is 8.28. The van der Waals surface area contributed by atoms with Gasteiger partial charge in [0.2, 0.25) is 5.95 Å². The van der Waals surface area contributed by atoms with Crippen molar-refractivity contribution in [3.05, 3.63) is 77.9 Å². The summed E-state index contributed by atoms with van der Waals surface area (Å²) in [5.41, 5.74) is 0.722. The fraction of sp³-hybridized carbons (Fsp3) is 0.100. The van der Waals surface area contributed by atoms with Crippen molar-refractivity contribution in [2.45, 2.75) is 13.3 Å². The molecule has 0 saturated carbocycles. The minimum absolute atomic E-state index is 0.146. The zero-order valence-corrected chi connectivity index (χ0v) is 15.0. The summed E-state index contributed by atoms with van der Waals surface area (Å²) in [5, 5.41) is 2.60. The summed E-state index contributed by atoms with van der Waals surface area (Å²) in [5.74, 6) is -1.69. The minimum atomic E-state index is -4.86. The van der Waals surface area contributed by atoms with Gasteiger partial charge in [0, 0.05) is 11.8 Å². The van der Waals surface area contributed by atoms with Gasteiger partial charge < -0.3 is 14.8 Å². The van der Waals surface area contributed by atoms with Crippen molar-refractivity contribution in [3.8, 4) is 17.2 Å². The molecule has 0 bridgehead atoms. The number of hydrogen-bond acceptors (Lipinski definition) is 4. The Kier molecular flexibility index (Phi) is 5.67. The van der Waals surface area contributed by atoms with Crippen LogP contribution in [0.1, 0.15) is 16.1 Å². The molecule has 1 amide bonds. The van der Waals surface area contributed by atoms with E-state index in [4.69, 9.17) is 4.74 Å². The van der Waals surface area contributed by atoms with Gasteiger partial charge in [0.15, 0.2) is 11.5 Å². The van der Waals surface area contributed by atoms with Crippen LogP contribution < -0.4 is 14.8 Å². The lowest BCUT2D eigenvalue weighted by Gasteiger charge is -2.14. The molecule has 0 aliphatic rings. The van der Waals surface area contributed by atoms with Gasteiger partial charge in [-0.3, -0.25) is 4.79 Å². The molecule has 1 N–H and O–H groups in total. The van der Waals surface area contributed by atoms with Crippen molar-refractivity contribution in [2.24, 2.45) is 0 Å². The molecule has 2 aromatic carbocycles. The van der Waals surface area contributed by atoms with Crippen LogP contribution >= 0.6 is 0 Å². The lowest BCUT2D eigenvalue weighted by molar-refractivity contribution is -0.275. The SMILES string of the molecule is Cc1nc(F)ccc1C(=O)Nc1cccc(Oc2ccccc2OC(F)(F)F)c1. The monoisotopic (exact) mass is 406 g/mol. The maximum Gasteiger partial charge on any atom is 0.573 e. The van der Waals surface area contributed by atoms with Crippen molar-refractivity contribution >= 4 is 11.6 Å². The first-order valence-electron chi connectivity index (χ1n) is 8.28. The molecular formula is C20H14F4N2O3. The summed E-state index contributed by atoms with van der Waals surface area (Å²) < 4.78 is 60.1. The van der Waals surface area contributed by atoms with Crippen LogP contribution in [-0.2, 0) is 0 Å². The fourth-order valence-electron chi connectivity index (χ4n) is 2.48. The third kappa shape index (κ3) is 5.44. The predicted octanol–water partition coefficient (Wildman–Crippen LogP) is 5.47. The Morgan fingerprint density at radius 1 is 1.00 bits per heavy atom. The second-order valence-electron chi connectivity index (χ2n) is 5.85. The zero-order chi connectivity index (χ0) is 21.0. The van der Waals surface area contributed by atoms with E-state index in [1.165, 1.54) is 43.3 Å². The van der Waals surface area contributed by atoms with Gasteiger partial charge in [0.05, 0.1) is 11.3 Å². The molecule has 0 spiro atoms. The number of aromatic nitrogens is 1. The minimum Gasteiger partial charge on any atom is -0.453 e. The van der Waals surface area contributed by atoms with Crippen molar-refractivity contribution in [3.63, 3.8) is 0 Å². The Balaban J connectivity index is 1.78. The lowest BCUT2D eigenvalue weighted by Crippen LogP contribution is -2.17. The van der Waals surface area contributed by atoms with Crippen molar-refractivity contribution in [2.75, 3.05) is 5.32 Å². The van der Waals surface area contributed by atoms with E-state index in [2.05, 4.69) is 15.0 Å². The van der Waals surface area contributed by atoms with Crippen LogP contribution in [0.2, 0.25) is 0 Å². The Bertz CT molecular complexity index is 1040. The smallest absolute Gasteiger partial charge is 0.453 e. The second-order valence-corrected chi connectivity index (χ2v) is 5.85. The molecule has 9 heteroatoms. The number of amides is 1. The van der Waals surface area contributed by atoms with E-state index >= 15 is 0 Å². The maximum atomic E-state index is 13.1. The van der Waals surface area contributed by atoms with Crippen molar-refractivity contribution in [1.82, 2.24) is 4.98 Å². The highest BCUT2D eigenvalue weighted by Gasteiger charge is 2.32. The number of para-hydroxylation sites is 2. The number of halogens is 4. The van der Waals surface area contributed by atoms with Crippen molar-refractivity contribution in [1.29, 1.82) is 0 Å². The Hall–Kier alpha value is -3.62. The number of ether oxygens (including phenoxy) is 2. The standard InChI is InChI=1S/C20H14F4N2O3/c1-12-15(9-10-18(21)25-12)19(27)26-13-5-4-6-14(11-13)28-16-7-2-3-8-17(16)29-20(22,23)24/h2-11H,1H3,(H,26,27). The number of nitrogens with one attached hydrogen (secondary N) is 1. The number of anilines is 1. The number of benzene rings is 2. The number of hydrogen-bond donors (Lipinski definition) is 1. The van der Waals surface area contributed by atoms with Crippen LogP contribution in [0.25, 0.3) is 0 Å². The zero-order valence-electron chi connectivity index (χ0n) is 15.0. The number of nitrogens with zero attached hydrogens (tertiary/aromatic N) is 1. The topological polar surface area (TPSA) is 60.5 Å². The number of rotatable bonds is 5. The highest BCUT2D eigenvalue weighted by molar-refractivity contribution is 6.05. The van der Waals surface area contributed by atoms with Gasteiger partial charge >= 0.3 is 6.36 Å². The van der Waals surface area contributed by atoms with Crippen LogP contribution in [0.3, 0.4) is 0 Å². The molecular weight excluding hydrogens is 392 g/mol. The van der Waals surface area contributed by atoms with Crippen molar-refractivity contribution < 1.29 is 31.8 Å². The van der Waals surface area contributed by atoms with Crippen LogP contribution in [0, 0.1) is 12.9 Å². The first kappa shape index (κ1) is 20.1. The van der Waals surface area contributed by atoms with Gasteiger partial charge in [0.1, 0.15) is 5.75 Å². The lowest BCUT2D eigenvalue weighted by atomic mass is 10.2. The molecule has 0 atom stereocenters. The molecule has 0 fully saturated rings. The second kappa shape index (κ2) is 8.17.